The number of nitrogens with one attached hydrogen (secondary N) is 1. The molecule has 0 fully saturated rings. The highest BCUT2D eigenvalue weighted by Crippen LogP contribution is 2.21. The Kier molecular flexibility index (Phi) is 1.89. The third kappa shape index (κ3) is 1.32. The molecule has 6 heteroatoms. The molecular weight excluding hydrogens is 198 g/mol. The Morgan fingerprint density at radius 2 is 2.33 bits per heavy atom. The molecule has 0 atom stereocenters. The van der Waals surface area contributed by atoms with Crippen molar-refractivity contribution >= 4 is 29.1 Å². The SMILES string of the molecule is Nc1[nH]c2cc(C(=O)O)cnc2c1C=O. The van der Waals surface area contributed by atoms with Crippen LogP contribution in [0.2, 0.25) is 0 Å². The second kappa shape index (κ2) is 3.09. The molecule has 0 aromatic carbocycles. The van der Waals surface area contributed by atoms with Crippen molar-refractivity contribution in [3.05, 3.63) is 23.4 Å². The average molecular weight is 205 g/mol. The van der Waals surface area contributed by atoms with Gasteiger partial charge in [0, 0.05) is 6.20 Å². The number of hydrogen-bond donors (Lipinski definition) is 3. The summed E-state index contributed by atoms with van der Waals surface area (Å²) in [5, 5.41) is 8.72. The molecule has 2 rings (SSSR count). The lowest BCUT2D eigenvalue weighted by Crippen LogP contribution is -1.96. The van der Waals surface area contributed by atoms with Gasteiger partial charge in [0.15, 0.2) is 6.29 Å². The van der Waals surface area contributed by atoms with E-state index in [1.165, 1.54) is 12.3 Å². The summed E-state index contributed by atoms with van der Waals surface area (Å²) in [5.41, 5.74) is 6.63. The largest absolute Gasteiger partial charge is 0.478 e. The lowest BCUT2D eigenvalue weighted by atomic mass is 10.2. The molecule has 76 valence electrons. The number of anilines is 1. The predicted octanol–water partition coefficient (Wildman–Crippen LogP) is 0.656. The van der Waals surface area contributed by atoms with Gasteiger partial charge < -0.3 is 15.8 Å². The number of rotatable bonds is 2. The summed E-state index contributed by atoms with van der Waals surface area (Å²) in [6.45, 7) is 0. The van der Waals surface area contributed by atoms with E-state index < -0.39 is 5.97 Å². The van der Waals surface area contributed by atoms with E-state index in [2.05, 4.69) is 9.97 Å². The van der Waals surface area contributed by atoms with Gasteiger partial charge in [-0.05, 0) is 6.07 Å². The van der Waals surface area contributed by atoms with Gasteiger partial charge in [0.25, 0.3) is 0 Å². The fourth-order valence-electron chi connectivity index (χ4n) is 1.35. The van der Waals surface area contributed by atoms with Crippen LogP contribution in [0.5, 0.6) is 0 Å². The zero-order valence-corrected chi connectivity index (χ0v) is 7.52. The third-order valence-electron chi connectivity index (χ3n) is 2.07. The highest BCUT2D eigenvalue weighted by molar-refractivity contribution is 6.02. The number of aldehydes is 1. The number of aromatic amines is 1. The third-order valence-corrected chi connectivity index (χ3v) is 2.07. The Hall–Kier alpha value is -2.37. The summed E-state index contributed by atoms with van der Waals surface area (Å²) in [5.74, 6) is -0.889. The molecule has 4 N–H and O–H groups in total. The van der Waals surface area contributed by atoms with Gasteiger partial charge in [0.2, 0.25) is 0 Å². The fraction of sp³-hybridized carbons (Fsp3) is 0. The number of aromatic carboxylic acids is 1. The summed E-state index contributed by atoms with van der Waals surface area (Å²) >= 11 is 0. The van der Waals surface area contributed by atoms with Gasteiger partial charge in [-0.15, -0.1) is 0 Å². The predicted molar refractivity (Wildman–Crippen MR) is 52.9 cm³/mol. The van der Waals surface area contributed by atoms with Crippen LogP contribution in [-0.2, 0) is 0 Å². The number of aromatic nitrogens is 2. The Bertz CT molecular complexity index is 559. The molecule has 2 aromatic heterocycles. The van der Waals surface area contributed by atoms with Gasteiger partial charge in [-0.3, -0.25) is 9.78 Å². The fourth-order valence-corrected chi connectivity index (χ4v) is 1.35. The molecule has 0 amide bonds. The minimum atomic E-state index is -1.08. The van der Waals surface area contributed by atoms with E-state index in [4.69, 9.17) is 10.8 Å². The Morgan fingerprint density at radius 3 is 2.93 bits per heavy atom. The minimum absolute atomic E-state index is 0.0428. The second-order valence-corrected chi connectivity index (χ2v) is 3.00. The van der Waals surface area contributed by atoms with Crippen molar-refractivity contribution in [2.45, 2.75) is 0 Å². The van der Waals surface area contributed by atoms with Gasteiger partial charge in [0.05, 0.1) is 16.6 Å². The molecule has 2 heterocycles. The Labute approximate surface area is 83.7 Å². The minimum Gasteiger partial charge on any atom is -0.478 e. The monoisotopic (exact) mass is 205 g/mol. The first kappa shape index (κ1) is 9.20. The van der Waals surface area contributed by atoms with Crippen LogP contribution in [0.4, 0.5) is 5.82 Å². The van der Waals surface area contributed by atoms with Crippen molar-refractivity contribution in [1.82, 2.24) is 9.97 Å². The number of carboxylic acid groups (broad SMARTS) is 1. The summed E-state index contributed by atoms with van der Waals surface area (Å²) in [7, 11) is 0. The summed E-state index contributed by atoms with van der Waals surface area (Å²) in [6.07, 6.45) is 1.77. The Balaban J connectivity index is 2.75. The number of nitrogens with zero attached hydrogens (tertiary/aromatic N) is 1. The number of nitrogen functional groups attached to an aromatic ring is 1. The van der Waals surface area contributed by atoms with Crippen molar-refractivity contribution in [2.24, 2.45) is 0 Å². The van der Waals surface area contributed by atoms with Crippen molar-refractivity contribution in [3.63, 3.8) is 0 Å². The van der Waals surface area contributed by atoms with Crippen LogP contribution in [0.1, 0.15) is 20.7 Å². The number of nitrogens with two attached hydrogens (primary N) is 1. The molecule has 0 aliphatic heterocycles. The molecule has 0 aliphatic carbocycles. The van der Waals surface area contributed by atoms with Gasteiger partial charge in [-0.1, -0.05) is 0 Å². The number of H-pyrrole nitrogens is 1. The van der Waals surface area contributed by atoms with E-state index >= 15 is 0 Å². The molecule has 0 saturated heterocycles. The molecule has 0 unspecified atom stereocenters. The smallest absolute Gasteiger partial charge is 0.337 e. The lowest BCUT2D eigenvalue weighted by Gasteiger charge is -1.93. The Morgan fingerprint density at radius 1 is 1.60 bits per heavy atom. The first-order valence-corrected chi connectivity index (χ1v) is 4.09. The maximum absolute atomic E-state index is 10.7. The molecule has 2 aromatic rings. The number of carboxylic acids is 1. The zero-order valence-electron chi connectivity index (χ0n) is 7.52. The van der Waals surface area contributed by atoms with Crippen LogP contribution < -0.4 is 5.73 Å². The van der Waals surface area contributed by atoms with Crippen LogP contribution in [-0.4, -0.2) is 27.3 Å². The normalized spacial score (nSPS) is 10.4. The van der Waals surface area contributed by atoms with E-state index in [0.29, 0.717) is 17.3 Å². The van der Waals surface area contributed by atoms with Gasteiger partial charge in [-0.2, -0.15) is 0 Å². The van der Waals surface area contributed by atoms with E-state index in [0.717, 1.165) is 0 Å². The summed E-state index contributed by atoms with van der Waals surface area (Å²) in [4.78, 5) is 27.9. The van der Waals surface area contributed by atoms with E-state index in [-0.39, 0.29) is 16.9 Å². The highest BCUT2D eigenvalue weighted by Gasteiger charge is 2.12. The van der Waals surface area contributed by atoms with Crippen molar-refractivity contribution in [1.29, 1.82) is 0 Å². The number of carbonyl (C=O) groups is 2. The van der Waals surface area contributed by atoms with Crippen molar-refractivity contribution in [2.75, 3.05) is 5.73 Å². The first-order valence-electron chi connectivity index (χ1n) is 4.09. The van der Waals surface area contributed by atoms with E-state index in [1.807, 2.05) is 0 Å². The molecule has 0 aliphatic rings. The van der Waals surface area contributed by atoms with Gasteiger partial charge in [0.1, 0.15) is 11.3 Å². The topological polar surface area (TPSA) is 109 Å². The summed E-state index contributed by atoms with van der Waals surface area (Å²) in [6, 6.07) is 1.38. The second-order valence-electron chi connectivity index (χ2n) is 3.00. The van der Waals surface area contributed by atoms with Gasteiger partial charge >= 0.3 is 5.97 Å². The molecule has 0 bridgehead atoms. The maximum Gasteiger partial charge on any atom is 0.337 e. The standard InChI is InChI=1S/C9H7N3O3/c10-8-5(3-13)7-6(12-8)1-4(2-11-7)9(14)15/h1-3,12H,10H2,(H,14,15). The quantitative estimate of drug-likeness (QED) is 0.624. The average Bonchev–Trinajstić information content (AvgIpc) is 2.51. The zero-order chi connectivity index (χ0) is 11.0. The number of fused-ring (bicyclic) bond motifs is 1. The maximum atomic E-state index is 10.7. The summed E-state index contributed by atoms with van der Waals surface area (Å²) < 4.78 is 0. The van der Waals surface area contributed by atoms with Crippen LogP contribution in [0.3, 0.4) is 0 Å². The molecule has 15 heavy (non-hydrogen) atoms. The number of pyridine rings is 1. The van der Waals surface area contributed by atoms with Crippen molar-refractivity contribution < 1.29 is 14.7 Å². The van der Waals surface area contributed by atoms with Crippen LogP contribution in [0.25, 0.3) is 11.0 Å². The molecule has 0 radical (unpaired) electrons. The molecule has 0 saturated carbocycles. The van der Waals surface area contributed by atoms with Crippen LogP contribution in [0, 0.1) is 0 Å². The molecular formula is C9H7N3O3. The van der Waals surface area contributed by atoms with E-state index in [1.54, 1.807) is 0 Å². The van der Waals surface area contributed by atoms with E-state index in [9.17, 15) is 9.59 Å². The molecule has 0 spiro atoms. The highest BCUT2D eigenvalue weighted by atomic mass is 16.4. The van der Waals surface area contributed by atoms with Gasteiger partial charge in [-0.25, -0.2) is 4.79 Å². The number of hydrogen-bond acceptors (Lipinski definition) is 4. The number of carbonyl (C=O) groups excluding carboxylic acids is 1. The molecule has 6 nitrogen and oxygen atoms in total. The lowest BCUT2D eigenvalue weighted by molar-refractivity contribution is 0.0696. The first-order chi connectivity index (χ1) is 7.13. The van der Waals surface area contributed by atoms with Crippen molar-refractivity contribution in [3.8, 4) is 0 Å². The van der Waals surface area contributed by atoms with Crippen LogP contribution in [0.15, 0.2) is 12.3 Å². The van der Waals surface area contributed by atoms with Crippen LogP contribution >= 0.6 is 0 Å².